The average molecular weight is 466 g/mol. The number of carbonyl (C=O) groups excluding carboxylic acids is 1. The summed E-state index contributed by atoms with van der Waals surface area (Å²) in [6, 6.07) is 21.5. The molecule has 1 aliphatic rings. The number of nitrogens with zero attached hydrogens (tertiary/aromatic N) is 3. The van der Waals surface area contributed by atoms with Gasteiger partial charge in [0.05, 0.1) is 28.2 Å². The summed E-state index contributed by atoms with van der Waals surface area (Å²) in [7, 11) is 0. The van der Waals surface area contributed by atoms with Gasteiger partial charge in [-0.1, -0.05) is 56.3 Å². The Morgan fingerprint density at radius 1 is 1.06 bits per heavy atom. The third kappa shape index (κ3) is 4.33. The Labute approximate surface area is 201 Å². The molecule has 0 aliphatic carbocycles. The number of nitrogens with one attached hydrogen (secondary N) is 2. The highest BCUT2D eigenvalue weighted by molar-refractivity contribution is 6.24. The molecule has 0 spiro atoms. The zero-order valence-electron chi connectivity index (χ0n) is 19.2. The van der Waals surface area contributed by atoms with Gasteiger partial charge in [0.25, 0.3) is 5.69 Å². The number of imidazole rings is 1. The van der Waals surface area contributed by atoms with E-state index in [1.807, 2.05) is 60.8 Å². The number of nitro benzene ring substituents is 1. The number of amides is 1. The summed E-state index contributed by atoms with van der Waals surface area (Å²) in [6.45, 7) is 4.16. The van der Waals surface area contributed by atoms with E-state index in [4.69, 9.17) is 4.99 Å². The Morgan fingerprint density at radius 2 is 1.80 bits per heavy atom. The second-order valence-electron chi connectivity index (χ2n) is 8.70. The number of aliphatic imine (C=N–C) groups is 1. The standard InChI is InChI=1S/C27H23N5O3/c1-16(2)26-28-15-23(30-26)17-8-10-19(11-9-17)29-25(18-6-4-3-5-7-18)24-21-14-20(32(34)35)12-13-22(21)31-27(24)33/h3-16,24H,1-2H3,(H,28,30)(H,31,33). The largest absolute Gasteiger partial charge is 0.342 e. The van der Waals surface area contributed by atoms with Gasteiger partial charge in [0.2, 0.25) is 5.91 Å². The van der Waals surface area contributed by atoms with Crippen LogP contribution >= 0.6 is 0 Å². The Bertz CT molecular complexity index is 1440. The van der Waals surface area contributed by atoms with Crippen molar-refractivity contribution in [2.75, 3.05) is 5.32 Å². The van der Waals surface area contributed by atoms with E-state index >= 15 is 0 Å². The number of nitro groups is 1. The molecule has 5 rings (SSSR count). The highest BCUT2D eigenvalue weighted by Crippen LogP contribution is 2.38. The maximum atomic E-state index is 13.0. The number of aromatic nitrogens is 2. The predicted octanol–water partition coefficient (Wildman–Crippen LogP) is 5.97. The molecular weight excluding hydrogens is 442 g/mol. The van der Waals surface area contributed by atoms with Gasteiger partial charge in [-0.15, -0.1) is 0 Å². The Morgan fingerprint density at radius 3 is 2.46 bits per heavy atom. The molecule has 2 heterocycles. The fraction of sp³-hybridized carbons (Fsp3) is 0.148. The van der Waals surface area contributed by atoms with E-state index < -0.39 is 10.8 Å². The number of rotatable bonds is 6. The van der Waals surface area contributed by atoms with Gasteiger partial charge in [-0.05, 0) is 29.3 Å². The Balaban J connectivity index is 1.56. The van der Waals surface area contributed by atoms with E-state index in [9.17, 15) is 14.9 Å². The van der Waals surface area contributed by atoms with Crippen LogP contribution in [0.4, 0.5) is 17.1 Å². The second kappa shape index (κ2) is 8.98. The number of benzene rings is 3. The van der Waals surface area contributed by atoms with Gasteiger partial charge in [0.1, 0.15) is 11.7 Å². The molecule has 1 atom stereocenters. The summed E-state index contributed by atoms with van der Waals surface area (Å²) in [6.07, 6.45) is 1.82. The number of aromatic amines is 1. The van der Waals surface area contributed by atoms with Crippen molar-refractivity contribution in [1.29, 1.82) is 0 Å². The Kier molecular flexibility index (Phi) is 5.70. The molecule has 4 aromatic rings. The molecule has 174 valence electrons. The first-order valence-corrected chi connectivity index (χ1v) is 11.3. The lowest BCUT2D eigenvalue weighted by Crippen LogP contribution is -2.22. The first-order valence-electron chi connectivity index (χ1n) is 11.3. The summed E-state index contributed by atoms with van der Waals surface area (Å²) in [5.74, 6) is 0.192. The van der Waals surface area contributed by atoms with E-state index in [1.165, 1.54) is 12.1 Å². The van der Waals surface area contributed by atoms with E-state index in [-0.39, 0.29) is 11.6 Å². The van der Waals surface area contributed by atoms with Gasteiger partial charge in [0.15, 0.2) is 0 Å². The SMILES string of the molecule is CC(C)c1ncc(-c2ccc(N=C(c3ccccc3)C3C(=O)Nc4ccc([N+](=O)[O-])cc43)cc2)[nH]1. The summed E-state index contributed by atoms with van der Waals surface area (Å²) in [4.78, 5) is 36.6. The minimum absolute atomic E-state index is 0.0673. The highest BCUT2D eigenvalue weighted by atomic mass is 16.6. The molecule has 3 aromatic carbocycles. The summed E-state index contributed by atoms with van der Waals surface area (Å²) in [5.41, 5.74) is 4.90. The van der Waals surface area contributed by atoms with Crippen LogP contribution in [-0.2, 0) is 4.79 Å². The van der Waals surface area contributed by atoms with E-state index in [0.29, 0.717) is 28.6 Å². The molecule has 0 bridgehead atoms. The van der Waals surface area contributed by atoms with Crippen LogP contribution < -0.4 is 5.32 Å². The number of fused-ring (bicyclic) bond motifs is 1. The minimum Gasteiger partial charge on any atom is -0.342 e. The highest BCUT2D eigenvalue weighted by Gasteiger charge is 2.36. The molecule has 35 heavy (non-hydrogen) atoms. The van der Waals surface area contributed by atoms with E-state index in [1.54, 1.807) is 6.07 Å². The lowest BCUT2D eigenvalue weighted by atomic mass is 9.90. The van der Waals surface area contributed by atoms with Crippen molar-refractivity contribution in [1.82, 2.24) is 9.97 Å². The first kappa shape index (κ1) is 22.2. The van der Waals surface area contributed by atoms with E-state index in [0.717, 1.165) is 22.6 Å². The molecule has 0 radical (unpaired) electrons. The predicted molar refractivity (Wildman–Crippen MR) is 135 cm³/mol. The lowest BCUT2D eigenvalue weighted by molar-refractivity contribution is -0.384. The minimum atomic E-state index is -0.770. The fourth-order valence-electron chi connectivity index (χ4n) is 4.17. The molecule has 0 saturated heterocycles. The number of H-pyrrole nitrogens is 1. The van der Waals surface area contributed by atoms with Crippen molar-refractivity contribution in [2.24, 2.45) is 4.99 Å². The molecule has 2 N–H and O–H groups in total. The topological polar surface area (TPSA) is 113 Å². The molecule has 1 aromatic heterocycles. The molecule has 1 aliphatic heterocycles. The zero-order chi connectivity index (χ0) is 24.5. The molecule has 0 saturated carbocycles. The van der Waals surface area contributed by atoms with Gasteiger partial charge in [-0.3, -0.25) is 19.9 Å². The first-order chi connectivity index (χ1) is 16.9. The third-order valence-corrected chi connectivity index (χ3v) is 5.99. The molecule has 8 nitrogen and oxygen atoms in total. The van der Waals surface area contributed by atoms with Crippen molar-refractivity contribution >= 4 is 28.7 Å². The zero-order valence-corrected chi connectivity index (χ0v) is 19.2. The van der Waals surface area contributed by atoms with Crippen molar-refractivity contribution in [3.05, 3.63) is 106 Å². The summed E-state index contributed by atoms with van der Waals surface area (Å²) in [5, 5.41) is 14.2. The third-order valence-electron chi connectivity index (χ3n) is 5.99. The molecular formula is C27H23N5O3. The van der Waals surface area contributed by atoms with E-state index in [2.05, 4.69) is 29.1 Å². The number of carbonyl (C=O) groups is 1. The summed E-state index contributed by atoms with van der Waals surface area (Å²) >= 11 is 0. The molecule has 8 heteroatoms. The number of hydrogen-bond acceptors (Lipinski definition) is 5. The van der Waals surface area contributed by atoms with Gasteiger partial charge in [0, 0.05) is 29.3 Å². The summed E-state index contributed by atoms with van der Waals surface area (Å²) < 4.78 is 0. The molecule has 1 unspecified atom stereocenters. The van der Waals surface area contributed by atoms with Gasteiger partial charge < -0.3 is 10.3 Å². The van der Waals surface area contributed by atoms with Crippen LogP contribution in [0.1, 0.15) is 42.6 Å². The van der Waals surface area contributed by atoms with Gasteiger partial charge in [-0.25, -0.2) is 4.98 Å². The van der Waals surface area contributed by atoms with Crippen molar-refractivity contribution in [3.63, 3.8) is 0 Å². The van der Waals surface area contributed by atoms with Crippen LogP contribution in [0, 0.1) is 10.1 Å². The lowest BCUT2D eigenvalue weighted by Gasteiger charge is -2.14. The smallest absolute Gasteiger partial charge is 0.269 e. The van der Waals surface area contributed by atoms with Crippen molar-refractivity contribution in [3.8, 4) is 11.3 Å². The molecule has 0 fully saturated rings. The maximum Gasteiger partial charge on any atom is 0.269 e. The fourth-order valence-corrected chi connectivity index (χ4v) is 4.17. The Hall–Kier alpha value is -4.59. The second-order valence-corrected chi connectivity index (χ2v) is 8.70. The van der Waals surface area contributed by atoms with Crippen LogP contribution in [0.2, 0.25) is 0 Å². The van der Waals surface area contributed by atoms with Gasteiger partial charge >= 0.3 is 0 Å². The van der Waals surface area contributed by atoms with Crippen LogP contribution in [0.3, 0.4) is 0 Å². The number of anilines is 1. The maximum absolute atomic E-state index is 13.0. The van der Waals surface area contributed by atoms with Crippen LogP contribution in [-0.4, -0.2) is 26.5 Å². The van der Waals surface area contributed by atoms with Crippen LogP contribution in [0.25, 0.3) is 11.3 Å². The van der Waals surface area contributed by atoms with Crippen molar-refractivity contribution in [2.45, 2.75) is 25.7 Å². The average Bonchev–Trinajstić information content (AvgIpc) is 3.48. The number of hydrogen-bond donors (Lipinski definition) is 2. The number of non-ortho nitro benzene ring substituents is 1. The van der Waals surface area contributed by atoms with Gasteiger partial charge in [-0.2, -0.15) is 0 Å². The monoisotopic (exact) mass is 465 g/mol. The van der Waals surface area contributed by atoms with Crippen LogP contribution in [0.5, 0.6) is 0 Å². The van der Waals surface area contributed by atoms with Crippen LogP contribution in [0.15, 0.2) is 84.0 Å². The van der Waals surface area contributed by atoms with Crippen molar-refractivity contribution < 1.29 is 9.72 Å². The normalized spacial score (nSPS) is 15.2. The quantitative estimate of drug-likeness (QED) is 0.208. The molecule has 1 amide bonds.